The van der Waals surface area contributed by atoms with Gasteiger partial charge in [0.1, 0.15) is 5.75 Å². The minimum atomic E-state index is -0.665. The third kappa shape index (κ3) is 7.09. The van der Waals surface area contributed by atoms with Crippen molar-refractivity contribution in [3.05, 3.63) is 124 Å². The second-order valence-electron chi connectivity index (χ2n) is 10.0. The number of amides is 2. The van der Waals surface area contributed by atoms with E-state index in [1.54, 1.807) is 24.3 Å². The van der Waals surface area contributed by atoms with Crippen LogP contribution in [0.4, 0.5) is 4.79 Å². The van der Waals surface area contributed by atoms with E-state index in [1.807, 2.05) is 69.3 Å². The lowest BCUT2D eigenvalue weighted by Gasteiger charge is -2.20. The monoisotopic (exact) mass is 528 g/mol. The molecule has 0 fully saturated rings. The number of hydrogen-bond acceptors (Lipinski definition) is 5. The lowest BCUT2D eigenvalue weighted by Crippen LogP contribution is -2.42. The highest BCUT2D eigenvalue weighted by Gasteiger charge is 2.22. The number of aliphatic hydroxyl groups excluding tert-OH is 1. The second-order valence-corrected chi connectivity index (χ2v) is 11.1. The summed E-state index contributed by atoms with van der Waals surface area (Å²) in [6.07, 6.45) is -0.572. The molecule has 3 aromatic carbocycles. The SMILES string of the molecule is CC(C)(C)NC(=O)Oc1cccc([C@@H](CO)NC(=O)c2ccc(C(c3ccccc3)c3ccccc3)s2)c1. The average Bonchev–Trinajstić information content (AvgIpc) is 3.37. The molecule has 38 heavy (non-hydrogen) atoms. The summed E-state index contributed by atoms with van der Waals surface area (Å²) >= 11 is 1.43. The van der Waals surface area contributed by atoms with Gasteiger partial charge in [-0.15, -0.1) is 11.3 Å². The van der Waals surface area contributed by atoms with Gasteiger partial charge in [-0.05, 0) is 61.7 Å². The molecule has 0 spiro atoms. The van der Waals surface area contributed by atoms with Crippen LogP contribution in [0.3, 0.4) is 0 Å². The second kappa shape index (κ2) is 12.1. The zero-order chi connectivity index (χ0) is 27.1. The summed E-state index contributed by atoms with van der Waals surface area (Å²) in [6.45, 7) is 5.28. The summed E-state index contributed by atoms with van der Waals surface area (Å²) in [5, 5.41) is 15.7. The Kier molecular flexibility index (Phi) is 8.61. The fourth-order valence-electron chi connectivity index (χ4n) is 4.14. The zero-order valence-electron chi connectivity index (χ0n) is 21.7. The van der Waals surface area contributed by atoms with Gasteiger partial charge in [0.25, 0.3) is 5.91 Å². The summed E-state index contributed by atoms with van der Waals surface area (Å²) in [5.74, 6) is 0.0477. The zero-order valence-corrected chi connectivity index (χ0v) is 22.5. The first-order valence-electron chi connectivity index (χ1n) is 12.4. The molecule has 0 saturated heterocycles. The number of nitrogens with one attached hydrogen (secondary N) is 2. The summed E-state index contributed by atoms with van der Waals surface area (Å²) in [4.78, 5) is 27.0. The third-order valence-corrected chi connectivity index (χ3v) is 6.99. The van der Waals surface area contributed by atoms with Crippen molar-refractivity contribution in [2.24, 2.45) is 0 Å². The van der Waals surface area contributed by atoms with E-state index in [2.05, 4.69) is 34.9 Å². The van der Waals surface area contributed by atoms with Gasteiger partial charge in [-0.2, -0.15) is 0 Å². The Morgan fingerprint density at radius 1 is 0.842 bits per heavy atom. The van der Waals surface area contributed by atoms with Crippen molar-refractivity contribution in [2.75, 3.05) is 6.61 Å². The fraction of sp³-hybridized carbons (Fsp3) is 0.226. The van der Waals surface area contributed by atoms with Crippen molar-refractivity contribution in [2.45, 2.75) is 38.3 Å². The van der Waals surface area contributed by atoms with E-state index in [4.69, 9.17) is 4.74 Å². The number of carbonyl (C=O) groups is 2. The quantitative estimate of drug-likeness (QED) is 0.251. The summed E-state index contributed by atoms with van der Waals surface area (Å²) in [7, 11) is 0. The Balaban J connectivity index is 1.51. The van der Waals surface area contributed by atoms with Crippen LogP contribution in [0.2, 0.25) is 0 Å². The number of rotatable bonds is 8. The van der Waals surface area contributed by atoms with Gasteiger partial charge in [0.15, 0.2) is 0 Å². The molecule has 7 heteroatoms. The van der Waals surface area contributed by atoms with E-state index in [0.29, 0.717) is 16.2 Å². The molecule has 4 rings (SSSR count). The summed E-state index contributed by atoms with van der Waals surface area (Å²) in [5.41, 5.74) is 2.49. The van der Waals surface area contributed by atoms with Gasteiger partial charge >= 0.3 is 6.09 Å². The Morgan fingerprint density at radius 3 is 2.03 bits per heavy atom. The van der Waals surface area contributed by atoms with Gasteiger partial charge in [-0.25, -0.2) is 4.79 Å². The number of hydrogen-bond donors (Lipinski definition) is 3. The molecule has 1 aromatic heterocycles. The van der Waals surface area contributed by atoms with Crippen LogP contribution < -0.4 is 15.4 Å². The molecule has 196 valence electrons. The highest BCUT2D eigenvalue weighted by molar-refractivity contribution is 7.14. The van der Waals surface area contributed by atoms with Crippen LogP contribution in [0.5, 0.6) is 5.75 Å². The summed E-state index contributed by atoms with van der Waals surface area (Å²) in [6, 6.07) is 30.4. The highest BCUT2D eigenvalue weighted by atomic mass is 32.1. The van der Waals surface area contributed by atoms with Crippen molar-refractivity contribution in [1.82, 2.24) is 10.6 Å². The molecule has 0 saturated carbocycles. The van der Waals surface area contributed by atoms with E-state index in [9.17, 15) is 14.7 Å². The van der Waals surface area contributed by atoms with Crippen molar-refractivity contribution >= 4 is 23.3 Å². The Bertz CT molecular complexity index is 1320. The minimum Gasteiger partial charge on any atom is -0.410 e. The predicted octanol–water partition coefficient (Wildman–Crippen LogP) is 6.28. The molecule has 1 atom stereocenters. The van der Waals surface area contributed by atoms with Crippen LogP contribution in [0.25, 0.3) is 0 Å². The van der Waals surface area contributed by atoms with Gasteiger partial charge in [0.05, 0.1) is 17.5 Å². The number of aliphatic hydroxyl groups is 1. The maximum atomic E-state index is 13.2. The largest absolute Gasteiger partial charge is 0.413 e. The Hall–Kier alpha value is -3.94. The highest BCUT2D eigenvalue weighted by Crippen LogP contribution is 2.36. The van der Waals surface area contributed by atoms with E-state index in [-0.39, 0.29) is 18.4 Å². The molecule has 1 heterocycles. The molecular formula is C31H32N2O4S. The first-order valence-corrected chi connectivity index (χ1v) is 13.3. The molecule has 0 bridgehead atoms. The minimum absolute atomic E-state index is 0.00524. The molecule has 0 aliphatic carbocycles. The van der Waals surface area contributed by atoms with Crippen LogP contribution >= 0.6 is 11.3 Å². The number of carbonyl (C=O) groups excluding carboxylic acids is 2. The van der Waals surface area contributed by atoms with Gasteiger partial charge in [-0.1, -0.05) is 72.8 Å². The Morgan fingerprint density at radius 2 is 1.45 bits per heavy atom. The fourth-order valence-corrected chi connectivity index (χ4v) is 5.21. The lowest BCUT2D eigenvalue weighted by atomic mass is 9.90. The normalized spacial score (nSPS) is 12.1. The van der Waals surface area contributed by atoms with Gasteiger partial charge in [0, 0.05) is 16.3 Å². The third-order valence-electron chi connectivity index (χ3n) is 5.84. The maximum absolute atomic E-state index is 13.2. The van der Waals surface area contributed by atoms with E-state index >= 15 is 0 Å². The van der Waals surface area contributed by atoms with Crippen LogP contribution in [0.15, 0.2) is 97.1 Å². The van der Waals surface area contributed by atoms with Crippen molar-refractivity contribution < 1.29 is 19.4 Å². The van der Waals surface area contributed by atoms with Crippen molar-refractivity contribution in [1.29, 1.82) is 0 Å². The van der Waals surface area contributed by atoms with Crippen molar-refractivity contribution in [3.8, 4) is 5.75 Å². The number of thiophene rings is 1. The molecule has 3 N–H and O–H groups in total. The first-order chi connectivity index (χ1) is 18.2. The molecule has 0 radical (unpaired) electrons. The van der Waals surface area contributed by atoms with Crippen molar-refractivity contribution in [3.63, 3.8) is 0 Å². The van der Waals surface area contributed by atoms with E-state index in [0.717, 1.165) is 16.0 Å². The number of ether oxygens (including phenoxy) is 1. The van der Waals surface area contributed by atoms with Gasteiger partial charge in [0.2, 0.25) is 0 Å². The molecule has 4 aromatic rings. The molecule has 0 aliphatic rings. The van der Waals surface area contributed by atoms with Crippen LogP contribution in [-0.2, 0) is 0 Å². The Labute approximate surface area is 227 Å². The topological polar surface area (TPSA) is 87.7 Å². The van der Waals surface area contributed by atoms with Crippen LogP contribution in [0.1, 0.15) is 64.0 Å². The standard InChI is InChI=1S/C31H32N2O4S/c1-31(2,3)33-30(36)37-24-16-10-15-23(19-24)25(20-34)32-29(35)27-18-17-26(38-27)28(21-11-6-4-7-12-21)22-13-8-5-9-14-22/h4-19,25,28,34H,20H2,1-3H3,(H,32,35)(H,33,36)/t25-/m1/s1. The predicted molar refractivity (Wildman–Crippen MR) is 151 cm³/mol. The summed E-state index contributed by atoms with van der Waals surface area (Å²) < 4.78 is 5.39. The van der Waals surface area contributed by atoms with Crippen LogP contribution in [-0.4, -0.2) is 29.3 Å². The number of benzene rings is 3. The van der Waals surface area contributed by atoms with Gasteiger partial charge in [-0.3, -0.25) is 4.79 Å². The van der Waals surface area contributed by atoms with E-state index < -0.39 is 17.7 Å². The smallest absolute Gasteiger partial charge is 0.410 e. The van der Waals surface area contributed by atoms with Crippen LogP contribution in [0, 0.1) is 0 Å². The molecule has 2 amide bonds. The molecule has 6 nitrogen and oxygen atoms in total. The lowest BCUT2D eigenvalue weighted by molar-refractivity contribution is 0.0920. The average molecular weight is 529 g/mol. The van der Waals surface area contributed by atoms with Gasteiger partial charge < -0.3 is 20.5 Å². The van der Waals surface area contributed by atoms with E-state index in [1.165, 1.54) is 11.3 Å². The first kappa shape index (κ1) is 27.1. The molecule has 0 aliphatic heterocycles. The molecule has 0 unspecified atom stereocenters. The molecular weight excluding hydrogens is 496 g/mol. The maximum Gasteiger partial charge on any atom is 0.413 e.